The number of benzene rings is 2. The number of nitro benzene ring substituents is 1. The predicted octanol–water partition coefficient (Wildman–Crippen LogP) is 2.78. The maximum atomic E-state index is 12.1. The molecule has 0 saturated carbocycles. The lowest BCUT2D eigenvalue weighted by molar-refractivity contribution is -0.384. The number of nitrogens with one attached hydrogen (secondary N) is 2. The van der Waals surface area contributed by atoms with Crippen LogP contribution in [0.4, 0.5) is 11.4 Å². The highest BCUT2D eigenvalue weighted by molar-refractivity contribution is 5.94. The minimum atomic E-state index is -0.549. The van der Waals surface area contributed by atoms with E-state index in [9.17, 15) is 19.7 Å². The number of non-ortho nitro benzene ring substituents is 1. The fraction of sp³-hybridized carbons (Fsp3) is 0.0909. The van der Waals surface area contributed by atoms with E-state index in [1.165, 1.54) is 43.8 Å². The average Bonchev–Trinajstić information content (AvgIpc) is 2.83. The molecule has 0 aliphatic heterocycles. The summed E-state index contributed by atoms with van der Waals surface area (Å²) in [7, 11) is 1.44. The summed E-state index contributed by atoms with van der Waals surface area (Å²) in [6, 6.07) is 13.7. The van der Waals surface area contributed by atoms with Gasteiger partial charge in [-0.15, -0.1) is 0 Å². The Labute approximate surface area is 188 Å². The second kappa shape index (κ2) is 11.0. The van der Waals surface area contributed by atoms with Crippen LogP contribution in [0, 0.1) is 10.1 Å². The molecule has 0 saturated heterocycles. The Bertz CT molecular complexity index is 1180. The number of nitro groups is 1. The van der Waals surface area contributed by atoms with Crippen molar-refractivity contribution in [1.82, 2.24) is 10.4 Å². The number of carbonyl (C=O) groups is 2. The van der Waals surface area contributed by atoms with Gasteiger partial charge in [0, 0.05) is 30.2 Å². The Morgan fingerprint density at radius 1 is 1.15 bits per heavy atom. The number of hydrogen-bond acceptors (Lipinski definition) is 8. The molecule has 0 radical (unpaired) electrons. The van der Waals surface area contributed by atoms with Gasteiger partial charge in [-0.3, -0.25) is 24.7 Å². The summed E-state index contributed by atoms with van der Waals surface area (Å²) >= 11 is 0. The SMILES string of the molecule is COc1cc(/C=N/NC(=O)c2cccnc2)ccc1OCC(=O)Nc1cccc([N+](=O)[O-])c1. The van der Waals surface area contributed by atoms with Gasteiger partial charge >= 0.3 is 0 Å². The fourth-order valence-electron chi connectivity index (χ4n) is 2.65. The Hall–Kier alpha value is -4.80. The number of nitrogens with zero attached hydrogens (tertiary/aromatic N) is 3. The molecule has 2 N–H and O–H groups in total. The van der Waals surface area contributed by atoms with Gasteiger partial charge in [0.1, 0.15) is 0 Å². The quantitative estimate of drug-likeness (QED) is 0.290. The molecule has 1 aromatic heterocycles. The van der Waals surface area contributed by atoms with E-state index in [1.54, 1.807) is 36.5 Å². The van der Waals surface area contributed by atoms with Gasteiger partial charge in [0.05, 0.1) is 23.8 Å². The molecule has 3 aromatic rings. The highest BCUT2D eigenvalue weighted by Crippen LogP contribution is 2.27. The first-order valence-corrected chi connectivity index (χ1v) is 9.55. The lowest BCUT2D eigenvalue weighted by Gasteiger charge is -2.11. The molecule has 0 aliphatic rings. The number of ether oxygens (including phenoxy) is 2. The zero-order valence-corrected chi connectivity index (χ0v) is 17.4. The third kappa shape index (κ3) is 6.59. The van der Waals surface area contributed by atoms with E-state index in [4.69, 9.17) is 9.47 Å². The number of hydrogen-bond donors (Lipinski definition) is 2. The molecule has 0 unspecified atom stereocenters. The second-order valence-corrected chi connectivity index (χ2v) is 6.50. The number of pyridine rings is 1. The summed E-state index contributed by atoms with van der Waals surface area (Å²) in [5.41, 5.74) is 3.54. The smallest absolute Gasteiger partial charge is 0.272 e. The maximum Gasteiger partial charge on any atom is 0.272 e. The first kappa shape index (κ1) is 22.9. The van der Waals surface area contributed by atoms with E-state index in [-0.39, 0.29) is 18.0 Å². The minimum Gasteiger partial charge on any atom is -0.493 e. The first-order valence-electron chi connectivity index (χ1n) is 9.55. The van der Waals surface area contributed by atoms with Gasteiger partial charge in [0.2, 0.25) is 0 Å². The van der Waals surface area contributed by atoms with Gasteiger partial charge in [-0.1, -0.05) is 6.07 Å². The molecule has 0 bridgehead atoms. The van der Waals surface area contributed by atoms with Crippen molar-refractivity contribution in [3.63, 3.8) is 0 Å². The van der Waals surface area contributed by atoms with Crippen LogP contribution in [0.15, 0.2) is 72.1 Å². The summed E-state index contributed by atoms with van der Waals surface area (Å²) in [6.45, 7) is -0.340. The number of carbonyl (C=O) groups excluding carboxylic acids is 2. The Kier molecular flexibility index (Phi) is 7.62. The average molecular weight is 449 g/mol. The van der Waals surface area contributed by atoms with Crippen LogP contribution in [0.1, 0.15) is 15.9 Å². The van der Waals surface area contributed by atoms with E-state index in [0.29, 0.717) is 22.6 Å². The molecule has 0 atom stereocenters. The van der Waals surface area contributed by atoms with Crippen molar-refractivity contribution < 1.29 is 24.0 Å². The highest BCUT2D eigenvalue weighted by Gasteiger charge is 2.11. The maximum absolute atomic E-state index is 12.1. The van der Waals surface area contributed by atoms with E-state index in [1.807, 2.05) is 0 Å². The van der Waals surface area contributed by atoms with Crippen molar-refractivity contribution in [3.8, 4) is 11.5 Å². The second-order valence-electron chi connectivity index (χ2n) is 6.50. The van der Waals surface area contributed by atoms with Crippen LogP contribution >= 0.6 is 0 Å². The van der Waals surface area contributed by atoms with Crippen molar-refractivity contribution in [3.05, 3.63) is 88.2 Å². The van der Waals surface area contributed by atoms with E-state index in [2.05, 4.69) is 20.8 Å². The molecule has 1 heterocycles. The van der Waals surface area contributed by atoms with Crippen molar-refractivity contribution >= 4 is 29.4 Å². The molecule has 0 aliphatic carbocycles. The van der Waals surface area contributed by atoms with E-state index >= 15 is 0 Å². The summed E-state index contributed by atoms with van der Waals surface area (Å²) in [4.78, 5) is 38.3. The van der Waals surface area contributed by atoms with Crippen molar-refractivity contribution in [1.29, 1.82) is 0 Å². The number of amides is 2. The normalized spacial score (nSPS) is 10.5. The third-order valence-corrected chi connectivity index (χ3v) is 4.19. The molecular weight excluding hydrogens is 430 g/mol. The Morgan fingerprint density at radius 2 is 2.00 bits per heavy atom. The topological polar surface area (TPSA) is 145 Å². The van der Waals surface area contributed by atoms with Gasteiger partial charge in [0.15, 0.2) is 18.1 Å². The monoisotopic (exact) mass is 449 g/mol. The summed E-state index contributed by atoms with van der Waals surface area (Å²) in [5, 5.41) is 17.3. The summed E-state index contributed by atoms with van der Waals surface area (Å²) in [6.07, 6.45) is 4.41. The number of anilines is 1. The van der Waals surface area contributed by atoms with Gasteiger partial charge in [0.25, 0.3) is 17.5 Å². The molecule has 11 nitrogen and oxygen atoms in total. The highest BCUT2D eigenvalue weighted by atomic mass is 16.6. The molecule has 0 fully saturated rings. The molecule has 3 rings (SSSR count). The van der Waals surface area contributed by atoms with Crippen LogP contribution < -0.4 is 20.2 Å². The lowest BCUT2D eigenvalue weighted by atomic mass is 10.2. The van der Waals surface area contributed by atoms with Crippen LogP contribution in [0.3, 0.4) is 0 Å². The van der Waals surface area contributed by atoms with Crippen LogP contribution in [0.5, 0.6) is 11.5 Å². The van der Waals surface area contributed by atoms with Crippen molar-refractivity contribution in [2.45, 2.75) is 0 Å². The van der Waals surface area contributed by atoms with Gasteiger partial charge < -0.3 is 14.8 Å². The summed E-state index contributed by atoms with van der Waals surface area (Å²) < 4.78 is 10.8. The predicted molar refractivity (Wildman–Crippen MR) is 120 cm³/mol. The number of rotatable bonds is 9. The first-order chi connectivity index (χ1) is 16.0. The third-order valence-electron chi connectivity index (χ3n) is 4.19. The van der Waals surface area contributed by atoms with Crippen molar-refractivity contribution in [2.24, 2.45) is 5.10 Å². The Morgan fingerprint density at radius 3 is 2.73 bits per heavy atom. The van der Waals surface area contributed by atoms with Crippen LogP contribution in [-0.4, -0.2) is 41.7 Å². The van der Waals surface area contributed by atoms with Gasteiger partial charge in [-0.05, 0) is 42.0 Å². The minimum absolute atomic E-state index is 0.135. The Balaban J connectivity index is 1.57. The van der Waals surface area contributed by atoms with Crippen LogP contribution in [-0.2, 0) is 4.79 Å². The molecule has 33 heavy (non-hydrogen) atoms. The lowest BCUT2D eigenvalue weighted by Crippen LogP contribution is -2.20. The largest absolute Gasteiger partial charge is 0.493 e. The van der Waals surface area contributed by atoms with Gasteiger partial charge in [-0.25, -0.2) is 5.43 Å². The number of aromatic nitrogens is 1. The zero-order chi connectivity index (χ0) is 23.6. The standard InChI is InChI=1S/C22H19N5O6/c1-32-20-10-15(12-24-26-22(29)16-4-3-9-23-13-16)7-8-19(20)33-14-21(28)25-17-5-2-6-18(11-17)27(30)31/h2-13H,14H2,1H3,(H,25,28)(H,26,29)/b24-12+. The zero-order valence-electron chi connectivity index (χ0n) is 17.4. The number of hydrazone groups is 1. The van der Waals surface area contributed by atoms with Crippen molar-refractivity contribution in [2.75, 3.05) is 19.0 Å². The van der Waals surface area contributed by atoms with Gasteiger partial charge in [-0.2, -0.15) is 5.10 Å². The molecule has 168 valence electrons. The summed E-state index contributed by atoms with van der Waals surface area (Å²) in [5.74, 6) is -0.244. The van der Waals surface area contributed by atoms with E-state index in [0.717, 1.165) is 0 Å². The number of methoxy groups -OCH3 is 1. The van der Waals surface area contributed by atoms with Crippen LogP contribution in [0.2, 0.25) is 0 Å². The van der Waals surface area contributed by atoms with E-state index < -0.39 is 16.7 Å². The molecule has 2 amide bonds. The fourth-order valence-corrected chi connectivity index (χ4v) is 2.65. The molecule has 2 aromatic carbocycles. The molecule has 0 spiro atoms. The molecular formula is C22H19N5O6. The molecule has 11 heteroatoms. The van der Waals surface area contributed by atoms with Crippen LogP contribution in [0.25, 0.3) is 0 Å².